The van der Waals surface area contributed by atoms with Crippen LogP contribution in [-0.2, 0) is 0 Å². The van der Waals surface area contributed by atoms with Crippen LogP contribution in [0, 0.1) is 22.7 Å². The Morgan fingerprint density at radius 2 is 0.929 bits per heavy atom. The summed E-state index contributed by atoms with van der Waals surface area (Å²) in [6, 6.07) is 19.1. The summed E-state index contributed by atoms with van der Waals surface area (Å²) in [7, 11) is 0. The van der Waals surface area contributed by atoms with E-state index in [1.165, 1.54) is 0 Å². The molecule has 4 aromatic rings. The molecule has 6 nitrogen and oxygen atoms in total. The first-order chi connectivity index (χ1) is 13.6. The van der Waals surface area contributed by atoms with Crippen LogP contribution in [0.5, 0.6) is 0 Å². The lowest BCUT2D eigenvalue weighted by Gasteiger charge is -2.10. The Hall–Kier alpha value is -3.20. The lowest BCUT2D eigenvalue weighted by Crippen LogP contribution is -2.02. The molecule has 0 saturated carbocycles. The van der Waals surface area contributed by atoms with Gasteiger partial charge in [0.25, 0.3) is 0 Å². The highest BCUT2D eigenvalue weighted by atomic mass is 79.9. The van der Waals surface area contributed by atoms with Crippen LogP contribution in [0.2, 0.25) is 0 Å². The van der Waals surface area contributed by atoms with Gasteiger partial charge in [0.15, 0.2) is 22.7 Å². The Morgan fingerprint density at radius 1 is 0.571 bits per heavy atom. The molecule has 0 aliphatic rings. The second-order valence-corrected chi connectivity index (χ2v) is 7.56. The molecule has 0 N–H and O–H groups in total. The van der Waals surface area contributed by atoms with Crippen LogP contribution in [0.25, 0.3) is 33.8 Å². The zero-order valence-corrected chi connectivity index (χ0v) is 17.2. The van der Waals surface area contributed by atoms with Gasteiger partial charge in [-0.2, -0.15) is 10.5 Å². The van der Waals surface area contributed by atoms with Crippen LogP contribution in [0.1, 0.15) is 11.4 Å². The van der Waals surface area contributed by atoms with Gasteiger partial charge < -0.3 is 0 Å². The maximum atomic E-state index is 9.22. The van der Waals surface area contributed by atoms with Crippen molar-refractivity contribution in [3.05, 3.63) is 68.9 Å². The number of rotatable bonds is 2. The highest BCUT2D eigenvalue weighted by molar-refractivity contribution is 9.10. The highest BCUT2D eigenvalue weighted by Crippen LogP contribution is 2.31. The lowest BCUT2D eigenvalue weighted by molar-refractivity contribution is 1.12. The molecular formula is C20H8Br2N6. The maximum Gasteiger partial charge on any atom is 0.199 e. The second kappa shape index (κ2) is 7.43. The molecule has 2 aromatic heterocycles. The van der Waals surface area contributed by atoms with Gasteiger partial charge in [-0.05, 0) is 24.3 Å². The zero-order chi connectivity index (χ0) is 19.7. The summed E-state index contributed by atoms with van der Waals surface area (Å²) in [5.74, 6) is 0. The third kappa shape index (κ3) is 3.36. The number of hydrogen-bond acceptors (Lipinski definition) is 6. The van der Waals surface area contributed by atoms with Gasteiger partial charge in [-0.3, -0.25) is 0 Å². The third-order valence-corrected chi connectivity index (χ3v) is 5.02. The maximum absolute atomic E-state index is 9.22. The molecule has 0 radical (unpaired) electrons. The van der Waals surface area contributed by atoms with Crippen molar-refractivity contribution >= 4 is 43.2 Å². The Kier molecular flexibility index (Phi) is 4.82. The molecule has 0 saturated heterocycles. The van der Waals surface area contributed by atoms with Crippen molar-refractivity contribution in [2.45, 2.75) is 0 Å². The van der Waals surface area contributed by atoms with E-state index in [4.69, 9.17) is 0 Å². The quantitative estimate of drug-likeness (QED) is 0.390. The fourth-order valence-electron chi connectivity index (χ4n) is 2.66. The van der Waals surface area contributed by atoms with Crippen molar-refractivity contribution in [2.75, 3.05) is 0 Å². The number of nitrogens with zero attached hydrogens (tertiary/aromatic N) is 6. The first-order valence-corrected chi connectivity index (χ1v) is 9.59. The summed E-state index contributed by atoms with van der Waals surface area (Å²) >= 11 is 6.87. The molecule has 2 aromatic carbocycles. The lowest BCUT2D eigenvalue weighted by atomic mass is 10.0. The monoisotopic (exact) mass is 490 g/mol. The largest absolute Gasteiger partial charge is 0.223 e. The molecule has 0 aliphatic heterocycles. The van der Waals surface area contributed by atoms with E-state index in [1.807, 2.05) is 60.7 Å². The van der Waals surface area contributed by atoms with Crippen molar-refractivity contribution in [3.63, 3.8) is 0 Å². The fraction of sp³-hybridized carbons (Fsp3) is 0. The van der Waals surface area contributed by atoms with Crippen LogP contribution in [0.4, 0.5) is 0 Å². The van der Waals surface area contributed by atoms with Crippen molar-refractivity contribution in [1.82, 2.24) is 19.9 Å². The van der Waals surface area contributed by atoms with Crippen LogP contribution in [-0.4, -0.2) is 19.9 Å². The number of benzene rings is 2. The van der Waals surface area contributed by atoms with Gasteiger partial charge in [0.2, 0.25) is 0 Å². The first-order valence-electron chi connectivity index (χ1n) is 8.01. The standard InChI is InChI=1S/C20H8Br2N6/c21-13-5-1-11(2-6-13)17-18(12-3-7-14(22)8-4-12)28-20-19(27-17)25-15(9-23)16(10-24)26-20/h1-8H. The van der Waals surface area contributed by atoms with E-state index in [9.17, 15) is 10.5 Å². The van der Waals surface area contributed by atoms with Crippen LogP contribution in [0.15, 0.2) is 57.5 Å². The van der Waals surface area contributed by atoms with E-state index >= 15 is 0 Å². The van der Waals surface area contributed by atoms with Crippen LogP contribution < -0.4 is 0 Å². The SMILES string of the molecule is N#Cc1nc2nc(-c3ccc(Br)cc3)c(-c3ccc(Br)cc3)nc2nc1C#N. The molecule has 0 fully saturated rings. The summed E-state index contributed by atoms with van der Waals surface area (Å²) in [4.78, 5) is 17.6. The van der Waals surface area contributed by atoms with E-state index in [0.717, 1.165) is 20.1 Å². The minimum atomic E-state index is -0.0672. The molecule has 132 valence electrons. The molecule has 0 spiro atoms. The fourth-order valence-corrected chi connectivity index (χ4v) is 3.19. The Labute approximate surface area is 176 Å². The van der Waals surface area contributed by atoms with E-state index in [1.54, 1.807) is 0 Å². The first kappa shape index (κ1) is 18.2. The molecule has 0 bridgehead atoms. The molecule has 0 aliphatic carbocycles. The average molecular weight is 492 g/mol. The predicted molar refractivity (Wildman–Crippen MR) is 111 cm³/mol. The van der Waals surface area contributed by atoms with E-state index in [-0.39, 0.29) is 22.7 Å². The summed E-state index contributed by atoms with van der Waals surface area (Å²) in [6.45, 7) is 0. The minimum absolute atomic E-state index is 0.0672. The van der Waals surface area contributed by atoms with Gasteiger partial charge in [-0.25, -0.2) is 19.9 Å². The zero-order valence-electron chi connectivity index (χ0n) is 14.1. The van der Waals surface area contributed by atoms with Gasteiger partial charge in [-0.1, -0.05) is 56.1 Å². The van der Waals surface area contributed by atoms with Gasteiger partial charge in [-0.15, -0.1) is 0 Å². The van der Waals surface area contributed by atoms with Crippen LogP contribution in [0.3, 0.4) is 0 Å². The molecular weight excluding hydrogens is 484 g/mol. The molecule has 0 unspecified atom stereocenters. The van der Waals surface area contributed by atoms with E-state index in [2.05, 4.69) is 51.8 Å². The number of hydrogen-bond donors (Lipinski definition) is 0. The molecule has 0 amide bonds. The Morgan fingerprint density at radius 3 is 1.25 bits per heavy atom. The number of fused-ring (bicyclic) bond motifs is 1. The summed E-state index contributed by atoms with van der Waals surface area (Å²) in [6.07, 6.45) is 0. The smallest absolute Gasteiger partial charge is 0.199 e. The Balaban J connectivity index is 2.04. The van der Waals surface area contributed by atoms with Crippen molar-refractivity contribution in [1.29, 1.82) is 10.5 Å². The summed E-state index contributed by atoms with van der Waals surface area (Å²) in [5, 5.41) is 18.4. The van der Waals surface area contributed by atoms with E-state index in [0.29, 0.717) is 11.4 Å². The third-order valence-electron chi connectivity index (χ3n) is 3.97. The highest BCUT2D eigenvalue weighted by Gasteiger charge is 2.17. The van der Waals surface area contributed by atoms with Crippen molar-refractivity contribution < 1.29 is 0 Å². The minimum Gasteiger partial charge on any atom is -0.223 e. The van der Waals surface area contributed by atoms with E-state index < -0.39 is 0 Å². The second-order valence-electron chi connectivity index (χ2n) is 5.73. The number of aromatic nitrogens is 4. The normalized spacial score (nSPS) is 10.4. The molecule has 0 atom stereocenters. The van der Waals surface area contributed by atoms with Gasteiger partial charge in [0, 0.05) is 20.1 Å². The van der Waals surface area contributed by atoms with Crippen molar-refractivity contribution in [3.8, 4) is 34.7 Å². The number of nitriles is 2. The predicted octanol–water partition coefficient (Wildman–Crippen LogP) is 5.02. The Bertz CT molecular complexity index is 1180. The summed E-state index contributed by atoms with van der Waals surface area (Å²) < 4.78 is 1.89. The molecule has 28 heavy (non-hydrogen) atoms. The average Bonchev–Trinajstić information content (AvgIpc) is 2.73. The van der Waals surface area contributed by atoms with Crippen LogP contribution >= 0.6 is 31.9 Å². The topological polar surface area (TPSA) is 99.1 Å². The van der Waals surface area contributed by atoms with Gasteiger partial charge in [0.05, 0.1) is 11.4 Å². The van der Waals surface area contributed by atoms with Gasteiger partial charge in [0.1, 0.15) is 12.1 Å². The van der Waals surface area contributed by atoms with Gasteiger partial charge >= 0.3 is 0 Å². The molecule has 4 rings (SSSR count). The van der Waals surface area contributed by atoms with Crippen molar-refractivity contribution in [2.24, 2.45) is 0 Å². The molecule has 2 heterocycles. The number of halogens is 2. The molecule has 8 heteroatoms. The summed E-state index contributed by atoms with van der Waals surface area (Å²) in [5.41, 5.74) is 3.23.